The van der Waals surface area contributed by atoms with Crippen LogP contribution in [-0.4, -0.2) is 34.0 Å². The van der Waals surface area contributed by atoms with Crippen LogP contribution in [0.5, 0.6) is 0 Å². The van der Waals surface area contributed by atoms with Crippen molar-refractivity contribution in [3.05, 3.63) is 49.1 Å². The van der Waals surface area contributed by atoms with Gasteiger partial charge in [0.05, 0.1) is 0 Å². The Morgan fingerprint density at radius 2 is 1.10 bits per heavy atom. The molecule has 2 aromatic heterocycles. The lowest BCUT2D eigenvalue weighted by atomic mass is 9.88. The first-order chi connectivity index (χ1) is 14.7. The first-order valence-electron chi connectivity index (χ1n) is 9.48. The fraction of sp³-hybridized carbons (Fsp3) is 0.300. The van der Waals surface area contributed by atoms with E-state index in [1.807, 2.05) is 34.1 Å². The van der Waals surface area contributed by atoms with Crippen molar-refractivity contribution in [3.8, 4) is 12.4 Å². The molecule has 0 aromatic carbocycles. The minimum atomic E-state index is 0.0640. The summed E-state index contributed by atoms with van der Waals surface area (Å²) in [5.41, 5.74) is 13.9. The molecule has 1 saturated carbocycles. The van der Waals surface area contributed by atoms with Gasteiger partial charge >= 0.3 is 0 Å². The Kier molecular flexibility index (Phi) is 6.74. The maximum atomic E-state index is 8.96. The highest BCUT2D eigenvalue weighted by Gasteiger charge is 2.32. The molecule has 0 aliphatic heterocycles. The molecular formula is C20H22N10. The largest absolute Gasteiger partial charge is 0.369 e. The number of nitriles is 2. The van der Waals surface area contributed by atoms with Gasteiger partial charge in [0.25, 0.3) is 0 Å². The number of hydrogen-bond acceptors (Lipinski definition) is 6. The summed E-state index contributed by atoms with van der Waals surface area (Å²) in [6.45, 7) is 0. The van der Waals surface area contributed by atoms with E-state index in [0.717, 1.165) is 37.1 Å². The van der Waals surface area contributed by atoms with Gasteiger partial charge in [0.15, 0.2) is 0 Å². The smallest absolute Gasteiger partial charge is 0.212 e. The van der Waals surface area contributed by atoms with Crippen molar-refractivity contribution in [2.45, 2.75) is 37.8 Å². The summed E-state index contributed by atoms with van der Waals surface area (Å²) in [5.74, 6) is 0.312. The molecule has 1 fully saturated rings. The van der Waals surface area contributed by atoms with Crippen molar-refractivity contribution >= 4 is 23.3 Å². The minimum Gasteiger partial charge on any atom is -0.369 e. The van der Waals surface area contributed by atoms with Crippen molar-refractivity contribution in [3.63, 3.8) is 0 Å². The molecule has 4 N–H and O–H groups in total. The molecule has 30 heavy (non-hydrogen) atoms. The molecule has 0 atom stereocenters. The van der Waals surface area contributed by atoms with Gasteiger partial charge < -0.3 is 21.3 Å². The van der Waals surface area contributed by atoms with E-state index in [0.29, 0.717) is 0 Å². The lowest BCUT2D eigenvalue weighted by molar-refractivity contribution is 0.392. The summed E-state index contributed by atoms with van der Waals surface area (Å²) in [5, 5.41) is 17.9. The van der Waals surface area contributed by atoms with Gasteiger partial charge in [0.1, 0.15) is 0 Å². The molecule has 1 aliphatic carbocycles. The monoisotopic (exact) mass is 402 g/mol. The van der Waals surface area contributed by atoms with Crippen LogP contribution in [0, 0.1) is 22.9 Å². The van der Waals surface area contributed by atoms with E-state index < -0.39 is 0 Å². The first-order valence-corrected chi connectivity index (χ1v) is 9.48. The summed E-state index contributed by atoms with van der Waals surface area (Å²) in [6.07, 6.45) is 13.4. The normalized spacial score (nSPS) is 19.4. The van der Waals surface area contributed by atoms with Gasteiger partial charge in [-0.1, -0.05) is 0 Å². The van der Waals surface area contributed by atoms with Crippen LogP contribution in [0.2, 0.25) is 0 Å². The fourth-order valence-electron chi connectivity index (χ4n) is 3.85. The highest BCUT2D eigenvalue weighted by Crippen LogP contribution is 2.31. The number of nitrogens with zero attached hydrogens (tertiary/aromatic N) is 8. The number of pyridine rings is 2. The second-order valence-electron chi connectivity index (χ2n) is 6.75. The van der Waals surface area contributed by atoms with E-state index in [-0.39, 0.29) is 24.0 Å². The van der Waals surface area contributed by atoms with Crippen molar-refractivity contribution in [2.75, 3.05) is 9.80 Å². The van der Waals surface area contributed by atoms with Gasteiger partial charge in [-0.05, 0) is 49.9 Å². The molecule has 10 nitrogen and oxygen atoms in total. The van der Waals surface area contributed by atoms with Crippen molar-refractivity contribution < 1.29 is 0 Å². The molecule has 152 valence electrons. The molecular weight excluding hydrogens is 380 g/mol. The van der Waals surface area contributed by atoms with Gasteiger partial charge in [-0.25, -0.2) is 0 Å². The molecule has 0 spiro atoms. The zero-order valence-corrected chi connectivity index (χ0v) is 16.3. The summed E-state index contributed by atoms with van der Waals surface area (Å²) in [7, 11) is 0. The second-order valence-corrected chi connectivity index (χ2v) is 6.75. The number of hydrogen-bond donors (Lipinski definition) is 2. The maximum absolute atomic E-state index is 8.96. The third-order valence-electron chi connectivity index (χ3n) is 5.10. The van der Waals surface area contributed by atoms with Crippen molar-refractivity contribution in [1.29, 1.82) is 10.5 Å². The number of aliphatic imine (C=N–C) groups is 2. The lowest BCUT2D eigenvalue weighted by Gasteiger charge is -2.41. The van der Waals surface area contributed by atoms with Gasteiger partial charge in [0, 0.05) is 48.2 Å². The van der Waals surface area contributed by atoms with Crippen molar-refractivity contribution in [2.24, 2.45) is 21.5 Å². The van der Waals surface area contributed by atoms with Crippen LogP contribution >= 0.6 is 0 Å². The Labute approximate surface area is 174 Å². The van der Waals surface area contributed by atoms with Crippen molar-refractivity contribution in [1.82, 2.24) is 9.97 Å². The Morgan fingerprint density at radius 3 is 1.40 bits per heavy atom. The molecule has 0 amide bonds. The molecule has 10 heteroatoms. The van der Waals surface area contributed by atoms with Crippen LogP contribution in [0.15, 0.2) is 59.0 Å². The SMILES string of the molecule is N#CN=C(N)N(c1ccncc1)C1CCC(N(C(N)=NC#N)c2ccncc2)CC1. The predicted molar refractivity (Wildman–Crippen MR) is 114 cm³/mol. The third-order valence-corrected chi connectivity index (χ3v) is 5.10. The van der Waals surface area contributed by atoms with E-state index in [1.54, 1.807) is 37.2 Å². The minimum absolute atomic E-state index is 0.0640. The summed E-state index contributed by atoms with van der Waals surface area (Å²) in [4.78, 5) is 19.3. The zero-order valence-electron chi connectivity index (χ0n) is 16.3. The van der Waals surface area contributed by atoms with E-state index in [4.69, 9.17) is 22.0 Å². The van der Waals surface area contributed by atoms with E-state index in [9.17, 15) is 0 Å². The van der Waals surface area contributed by atoms with E-state index >= 15 is 0 Å². The highest BCUT2D eigenvalue weighted by atomic mass is 15.3. The summed E-state index contributed by atoms with van der Waals surface area (Å²) < 4.78 is 0. The molecule has 0 bridgehead atoms. The fourth-order valence-corrected chi connectivity index (χ4v) is 3.85. The molecule has 2 heterocycles. The Morgan fingerprint density at radius 1 is 0.767 bits per heavy atom. The van der Waals surface area contributed by atoms with Crippen LogP contribution in [-0.2, 0) is 0 Å². The number of aromatic nitrogens is 2. The molecule has 0 saturated heterocycles. The topological polar surface area (TPSA) is 157 Å². The highest BCUT2D eigenvalue weighted by molar-refractivity contribution is 5.96. The number of anilines is 2. The Bertz CT molecular complexity index is 885. The van der Waals surface area contributed by atoms with Gasteiger partial charge in [-0.15, -0.1) is 9.98 Å². The quantitative estimate of drug-likeness (QED) is 0.444. The Hall–Kier alpha value is -4.18. The molecule has 3 rings (SSSR count). The number of nitrogens with two attached hydrogens (primary N) is 2. The van der Waals surface area contributed by atoms with Crippen LogP contribution in [0.1, 0.15) is 25.7 Å². The van der Waals surface area contributed by atoms with Crippen LogP contribution in [0.3, 0.4) is 0 Å². The van der Waals surface area contributed by atoms with Gasteiger partial charge in [0.2, 0.25) is 24.3 Å². The Balaban J connectivity index is 1.82. The molecule has 0 radical (unpaired) electrons. The van der Waals surface area contributed by atoms with Crippen LogP contribution in [0.25, 0.3) is 0 Å². The lowest BCUT2D eigenvalue weighted by Crippen LogP contribution is -2.51. The van der Waals surface area contributed by atoms with Crippen LogP contribution in [0.4, 0.5) is 11.4 Å². The van der Waals surface area contributed by atoms with E-state index in [2.05, 4.69) is 20.0 Å². The number of rotatable bonds is 4. The average Bonchev–Trinajstić information content (AvgIpc) is 2.77. The molecule has 2 aromatic rings. The van der Waals surface area contributed by atoms with Crippen LogP contribution < -0.4 is 21.3 Å². The summed E-state index contributed by atoms with van der Waals surface area (Å²) >= 11 is 0. The predicted octanol–water partition coefficient (Wildman–Crippen LogP) is 1.69. The maximum Gasteiger partial charge on any atom is 0.212 e. The standard InChI is InChI=1S/C20H22N10/c21-13-27-19(23)29(17-5-9-25-10-6-17)15-1-2-16(4-3-15)30(20(24)28-14-22)18-7-11-26-12-8-18/h5-12,15-16H,1-4H2,(H2,23,27)(H2,24,28). The van der Waals surface area contributed by atoms with Gasteiger partial charge in [-0.2, -0.15) is 10.5 Å². The molecule has 0 unspecified atom stereocenters. The zero-order chi connectivity index (χ0) is 21.3. The number of guanidine groups is 2. The van der Waals surface area contributed by atoms with E-state index in [1.165, 1.54) is 0 Å². The molecule has 1 aliphatic rings. The second kappa shape index (κ2) is 9.85. The summed E-state index contributed by atoms with van der Waals surface area (Å²) in [6, 6.07) is 7.49. The van der Waals surface area contributed by atoms with Gasteiger partial charge in [-0.3, -0.25) is 9.97 Å². The average molecular weight is 402 g/mol. The third kappa shape index (κ3) is 4.62. The first kappa shape index (κ1) is 20.6.